The Morgan fingerprint density at radius 1 is 1.12 bits per heavy atom. The Bertz CT molecular complexity index is 1060. The van der Waals surface area contributed by atoms with Gasteiger partial charge in [0.1, 0.15) is 0 Å². The van der Waals surface area contributed by atoms with Gasteiger partial charge in [0.25, 0.3) is 5.56 Å². The molecule has 5 nitrogen and oxygen atoms in total. The van der Waals surface area contributed by atoms with Crippen LogP contribution in [0, 0.1) is 0 Å². The average molecular weight is 316 g/mol. The summed E-state index contributed by atoms with van der Waals surface area (Å²) >= 11 is 0. The Morgan fingerprint density at radius 2 is 2.00 bits per heavy atom. The summed E-state index contributed by atoms with van der Waals surface area (Å²) < 4.78 is 1.54. The van der Waals surface area contributed by atoms with Crippen molar-refractivity contribution >= 4 is 10.9 Å². The standard InChI is InChI=1S/C19H16N4O/c1-2-13-6-3-4-7-15(13)14-8-9-17-16(12-14)18(24)22-19(21-17)23-11-5-10-20-23/h3-12H,2H2,1H3,(H,21,22,24). The highest BCUT2D eigenvalue weighted by Gasteiger charge is 2.09. The fraction of sp³-hybridized carbons (Fsp3) is 0.105. The van der Waals surface area contributed by atoms with Crippen molar-refractivity contribution in [3.63, 3.8) is 0 Å². The van der Waals surface area contributed by atoms with E-state index in [4.69, 9.17) is 0 Å². The highest BCUT2D eigenvalue weighted by Crippen LogP contribution is 2.26. The molecule has 0 aliphatic carbocycles. The van der Waals surface area contributed by atoms with Gasteiger partial charge in [-0.15, -0.1) is 0 Å². The summed E-state index contributed by atoms with van der Waals surface area (Å²) in [6, 6.07) is 15.8. The first-order valence-corrected chi connectivity index (χ1v) is 7.88. The van der Waals surface area contributed by atoms with Gasteiger partial charge in [0, 0.05) is 12.4 Å². The monoisotopic (exact) mass is 316 g/mol. The van der Waals surface area contributed by atoms with E-state index in [2.05, 4.69) is 34.1 Å². The molecule has 0 radical (unpaired) electrons. The number of H-pyrrole nitrogens is 1. The lowest BCUT2D eigenvalue weighted by molar-refractivity contribution is 0.810. The lowest BCUT2D eigenvalue weighted by Crippen LogP contribution is -2.13. The second-order valence-electron chi connectivity index (χ2n) is 5.58. The van der Waals surface area contributed by atoms with Crippen molar-refractivity contribution < 1.29 is 0 Å². The first kappa shape index (κ1) is 14.4. The molecule has 2 heterocycles. The second-order valence-corrected chi connectivity index (χ2v) is 5.58. The molecule has 0 saturated carbocycles. The molecule has 0 unspecified atom stereocenters. The summed E-state index contributed by atoms with van der Waals surface area (Å²) in [5, 5.41) is 4.68. The Labute approximate surface area is 138 Å². The topological polar surface area (TPSA) is 63.6 Å². The molecule has 4 aromatic rings. The number of hydrogen-bond acceptors (Lipinski definition) is 3. The van der Waals surface area contributed by atoms with Gasteiger partial charge in [0.05, 0.1) is 10.9 Å². The average Bonchev–Trinajstić information content (AvgIpc) is 3.16. The van der Waals surface area contributed by atoms with E-state index in [0.29, 0.717) is 16.9 Å². The molecule has 1 N–H and O–H groups in total. The summed E-state index contributed by atoms with van der Waals surface area (Å²) in [5.74, 6) is 0.416. The predicted octanol–water partition coefficient (Wildman–Crippen LogP) is 3.34. The number of aromatic nitrogens is 4. The normalized spacial score (nSPS) is 11.0. The Hall–Kier alpha value is -3.21. The Balaban J connectivity index is 1.89. The molecule has 2 aromatic heterocycles. The van der Waals surface area contributed by atoms with Gasteiger partial charge in [-0.3, -0.25) is 9.78 Å². The number of rotatable bonds is 3. The molecule has 0 bridgehead atoms. The maximum atomic E-state index is 12.5. The number of nitrogens with one attached hydrogen (secondary N) is 1. The number of nitrogens with zero attached hydrogens (tertiary/aromatic N) is 3. The van der Waals surface area contributed by atoms with Crippen molar-refractivity contribution in [1.82, 2.24) is 19.7 Å². The van der Waals surface area contributed by atoms with Gasteiger partial charge in [-0.25, -0.2) is 9.67 Å². The van der Waals surface area contributed by atoms with Gasteiger partial charge >= 0.3 is 0 Å². The third kappa shape index (κ3) is 2.40. The summed E-state index contributed by atoms with van der Waals surface area (Å²) in [5.41, 5.74) is 3.93. The third-order valence-electron chi connectivity index (χ3n) is 4.12. The third-order valence-corrected chi connectivity index (χ3v) is 4.12. The number of fused-ring (bicyclic) bond motifs is 1. The van der Waals surface area contributed by atoms with Crippen LogP contribution in [0.25, 0.3) is 28.0 Å². The lowest BCUT2D eigenvalue weighted by Gasteiger charge is -2.09. The van der Waals surface area contributed by atoms with E-state index in [1.165, 1.54) is 5.56 Å². The van der Waals surface area contributed by atoms with Crippen LogP contribution in [-0.2, 0) is 6.42 Å². The van der Waals surface area contributed by atoms with Crippen LogP contribution in [0.5, 0.6) is 0 Å². The van der Waals surface area contributed by atoms with Gasteiger partial charge in [-0.1, -0.05) is 37.3 Å². The van der Waals surface area contributed by atoms with Crippen LogP contribution in [0.4, 0.5) is 0 Å². The van der Waals surface area contributed by atoms with Crippen molar-refractivity contribution in [2.24, 2.45) is 0 Å². The molecular weight excluding hydrogens is 300 g/mol. The van der Waals surface area contributed by atoms with E-state index in [-0.39, 0.29) is 5.56 Å². The minimum Gasteiger partial charge on any atom is -0.290 e. The van der Waals surface area contributed by atoms with Crippen molar-refractivity contribution in [1.29, 1.82) is 0 Å². The molecule has 4 rings (SSSR count). The molecule has 2 aromatic carbocycles. The SMILES string of the molecule is CCc1ccccc1-c1ccc2nc(-n3cccn3)[nH]c(=O)c2c1. The van der Waals surface area contributed by atoms with Crippen LogP contribution in [0.3, 0.4) is 0 Å². The number of benzene rings is 2. The number of aryl methyl sites for hydroxylation is 1. The number of aromatic amines is 1. The molecule has 0 aliphatic heterocycles. The second kappa shape index (κ2) is 5.77. The summed E-state index contributed by atoms with van der Waals surface area (Å²) in [7, 11) is 0. The zero-order valence-electron chi connectivity index (χ0n) is 13.2. The first-order valence-electron chi connectivity index (χ1n) is 7.88. The molecule has 5 heteroatoms. The molecule has 0 atom stereocenters. The smallest absolute Gasteiger partial charge is 0.260 e. The fourth-order valence-corrected chi connectivity index (χ4v) is 2.91. The summed E-state index contributed by atoms with van der Waals surface area (Å²) in [6.07, 6.45) is 4.34. The molecular formula is C19H16N4O. The highest BCUT2D eigenvalue weighted by molar-refractivity contribution is 5.84. The quantitative estimate of drug-likeness (QED) is 0.630. The van der Waals surface area contributed by atoms with Gasteiger partial charge in [-0.2, -0.15) is 5.10 Å². The van der Waals surface area contributed by atoms with E-state index in [1.807, 2.05) is 30.3 Å². The largest absolute Gasteiger partial charge is 0.290 e. The summed E-state index contributed by atoms with van der Waals surface area (Å²) in [4.78, 5) is 19.8. The maximum Gasteiger partial charge on any atom is 0.260 e. The fourth-order valence-electron chi connectivity index (χ4n) is 2.91. The van der Waals surface area contributed by atoms with Crippen LogP contribution in [0.2, 0.25) is 0 Å². The number of hydrogen-bond donors (Lipinski definition) is 1. The van der Waals surface area contributed by atoms with Crippen molar-refractivity contribution in [3.05, 3.63) is 76.8 Å². The lowest BCUT2D eigenvalue weighted by atomic mass is 9.97. The van der Waals surface area contributed by atoms with Gasteiger partial charge in [-0.05, 0) is 41.3 Å². The molecule has 0 fully saturated rings. The molecule has 0 spiro atoms. The van der Waals surface area contributed by atoms with Crippen molar-refractivity contribution in [2.75, 3.05) is 0 Å². The van der Waals surface area contributed by atoms with Crippen LogP contribution in [0.15, 0.2) is 65.7 Å². The molecule has 0 saturated heterocycles. The van der Waals surface area contributed by atoms with Crippen molar-refractivity contribution in [2.45, 2.75) is 13.3 Å². The van der Waals surface area contributed by atoms with Crippen molar-refractivity contribution in [3.8, 4) is 17.1 Å². The van der Waals surface area contributed by atoms with E-state index < -0.39 is 0 Å². The zero-order valence-corrected chi connectivity index (χ0v) is 13.2. The van der Waals surface area contributed by atoms with E-state index in [0.717, 1.165) is 17.5 Å². The Kier molecular flexibility index (Phi) is 3.46. The summed E-state index contributed by atoms with van der Waals surface area (Å²) in [6.45, 7) is 2.13. The van der Waals surface area contributed by atoms with Crippen LogP contribution in [-0.4, -0.2) is 19.7 Å². The van der Waals surface area contributed by atoms with Crippen LogP contribution >= 0.6 is 0 Å². The maximum absolute atomic E-state index is 12.5. The van der Waals surface area contributed by atoms with Gasteiger partial charge in [0.15, 0.2) is 0 Å². The van der Waals surface area contributed by atoms with Crippen LogP contribution < -0.4 is 5.56 Å². The van der Waals surface area contributed by atoms with E-state index in [9.17, 15) is 4.79 Å². The van der Waals surface area contributed by atoms with Gasteiger partial charge in [0.2, 0.25) is 5.95 Å². The first-order chi connectivity index (χ1) is 11.8. The molecule has 118 valence electrons. The minimum absolute atomic E-state index is 0.165. The van der Waals surface area contributed by atoms with Crippen LogP contribution in [0.1, 0.15) is 12.5 Å². The Morgan fingerprint density at radius 3 is 2.79 bits per heavy atom. The molecule has 24 heavy (non-hydrogen) atoms. The molecule has 0 amide bonds. The molecule has 0 aliphatic rings. The zero-order chi connectivity index (χ0) is 16.5. The predicted molar refractivity (Wildman–Crippen MR) is 94.3 cm³/mol. The van der Waals surface area contributed by atoms with E-state index in [1.54, 1.807) is 23.1 Å². The highest BCUT2D eigenvalue weighted by atomic mass is 16.1. The van der Waals surface area contributed by atoms with E-state index >= 15 is 0 Å². The van der Waals surface area contributed by atoms with Gasteiger partial charge < -0.3 is 0 Å². The minimum atomic E-state index is -0.165.